The molecule has 0 fully saturated rings. The van der Waals surface area contributed by atoms with E-state index >= 15 is 0 Å². The molecule has 198 valence electrons. The van der Waals surface area contributed by atoms with Gasteiger partial charge in [0.15, 0.2) is 17.3 Å². The Balaban J connectivity index is 1.44. The predicted octanol–water partition coefficient (Wildman–Crippen LogP) is 5.92. The summed E-state index contributed by atoms with van der Waals surface area (Å²) >= 11 is 3.34. The Morgan fingerprint density at radius 2 is 1.80 bits per heavy atom. The fourth-order valence-electron chi connectivity index (χ4n) is 4.30. The fraction of sp³-hybridized carbons (Fsp3) is 0.0690. The van der Waals surface area contributed by atoms with Gasteiger partial charge in [0, 0.05) is 21.7 Å². The van der Waals surface area contributed by atoms with Crippen LogP contribution in [-0.2, 0) is 6.61 Å². The molecule has 2 heterocycles. The Bertz CT molecular complexity index is 1860. The number of nitro groups is 1. The van der Waals surface area contributed by atoms with Gasteiger partial charge in [-0.2, -0.15) is 9.78 Å². The van der Waals surface area contributed by atoms with E-state index in [4.69, 9.17) is 14.2 Å². The predicted molar refractivity (Wildman–Crippen MR) is 152 cm³/mol. The smallest absolute Gasteiger partial charge is 0.312 e. The zero-order valence-corrected chi connectivity index (χ0v) is 22.3. The van der Waals surface area contributed by atoms with Crippen LogP contribution in [0, 0.1) is 10.1 Å². The number of rotatable bonds is 7. The van der Waals surface area contributed by atoms with Crippen molar-refractivity contribution in [2.45, 2.75) is 6.61 Å². The second kappa shape index (κ2) is 10.6. The molecule has 0 radical (unpaired) electrons. The molecule has 0 atom stereocenters. The van der Waals surface area contributed by atoms with Crippen molar-refractivity contribution in [1.29, 1.82) is 0 Å². The summed E-state index contributed by atoms with van der Waals surface area (Å²) in [7, 11) is 0. The number of halogens is 1. The quantitative estimate of drug-likeness (QED) is 0.129. The van der Waals surface area contributed by atoms with Gasteiger partial charge in [-0.25, -0.2) is 4.98 Å². The molecule has 0 amide bonds. The van der Waals surface area contributed by atoms with E-state index in [0.29, 0.717) is 43.8 Å². The normalized spacial score (nSPS) is 12.2. The maximum Gasteiger partial charge on any atom is 0.312 e. The van der Waals surface area contributed by atoms with Crippen molar-refractivity contribution in [3.05, 3.63) is 121 Å². The van der Waals surface area contributed by atoms with Gasteiger partial charge in [0.05, 0.1) is 22.0 Å². The summed E-state index contributed by atoms with van der Waals surface area (Å²) in [6.07, 6.45) is 1.36. The lowest BCUT2D eigenvalue weighted by atomic mass is 10.1. The van der Waals surface area contributed by atoms with Gasteiger partial charge >= 0.3 is 5.69 Å². The Kier molecular flexibility index (Phi) is 6.71. The number of aromatic nitrogens is 2. The number of para-hydroxylation sites is 1. The number of hydrogen-bond acceptors (Lipinski definition) is 8. The third-order valence-corrected chi connectivity index (χ3v) is 6.64. The van der Waals surface area contributed by atoms with E-state index in [1.165, 1.54) is 17.0 Å². The molecule has 4 aromatic carbocycles. The molecule has 11 heteroatoms. The van der Waals surface area contributed by atoms with Crippen LogP contribution in [0.5, 0.6) is 17.2 Å². The van der Waals surface area contributed by atoms with Gasteiger partial charge in [-0.15, -0.1) is 0 Å². The van der Waals surface area contributed by atoms with Gasteiger partial charge in [-0.3, -0.25) is 14.9 Å². The zero-order valence-electron chi connectivity index (χ0n) is 20.7. The van der Waals surface area contributed by atoms with Crippen LogP contribution in [0.2, 0.25) is 0 Å². The molecule has 0 bridgehead atoms. The average Bonchev–Trinajstić information content (AvgIpc) is 3.44. The van der Waals surface area contributed by atoms with Crippen LogP contribution in [0.3, 0.4) is 0 Å². The van der Waals surface area contributed by atoms with E-state index in [9.17, 15) is 14.9 Å². The monoisotopic (exact) mass is 598 g/mol. The van der Waals surface area contributed by atoms with Crippen LogP contribution in [-0.4, -0.2) is 27.6 Å². The molecule has 0 N–H and O–H groups in total. The van der Waals surface area contributed by atoms with Crippen LogP contribution >= 0.6 is 15.9 Å². The molecule has 0 unspecified atom stereocenters. The Labute approximate surface area is 235 Å². The molecule has 1 aliphatic heterocycles. The topological polar surface area (TPSA) is 118 Å². The second-order valence-electron chi connectivity index (χ2n) is 8.76. The van der Waals surface area contributed by atoms with Crippen LogP contribution in [0.4, 0.5) is 5.69 Å². The summed E-state index contributed by atoms with van der Waals surface area (Å²) in [6.45, 7) is 0.152. The van der Waals surface area contributed by atoms with Gasteiger partial charge in [-0.05, 0) is 35.9 Å². The minimum Gasteiger partial charge on any atom is -0.481 e. The van der Waals surface area contributed by atoms with E-state index < -0.39 is 4.92 Å². The highest BCUT2D eigenvalue weighted by atomic mass is 79.9. The molecular weight excluding hydrogens is 580 g/mol. The second-order valence-corrected chi connectivity index (χ2v) is 9.67. The lowest BCUT2D eigenvalue weighted by Gasteiger charge is -2.12. The van der Waals surface area contributed by atoms with Crippen molar-refractivity contribution in [1.82, 2.24) is 9.66 Å². The van der Waals surface area contributed by atoms with Gasteiger partial charge in [0.25, 0.3) is 5.56 Å². The summed E-state index contributed by atoms with van der Waals surface area (Å²) in [6, 6.07) is 24.5. The third-order valence-electron chi connectivity index (χ3n) is 6.18. The first-order chi connectivity index (χ1) is 19.5. The SMILES string of the molecule is O=c1c2ccccc2nc(-c2ccccc2)n1N=Cc1cc(Br)cc([N+](=O)[O-])c1OCc1ccc2c(c1)OCO2. The summed E-state index contributed by atoms with van der Waals surface area (Å²) < 4.78 is 18.4. The Morgan fingerprint density at radius 3 is 2.62 bits per heavy atom. The summed E-state index contributed by atoms with van der Waals surface area (Å²) in [5.74, 6) is 1.52. The van der Waals surface area contributed by atoms with Crippen LogP contribution in [0.1, 0.15) is 11.1 Å². The standard InChI is InChI=1S/C29H19BrN4O6/c30-21-13-20(27(24(14-21)34(36)37)38-16-18-10-11-25-26(12-18)40-17-39-25)15-31-33-28(19-6-2-1-3-7-19)32-23-9-5-4-8-22(23)29(33)35/h1-15H,16-17H2. The van der Waals surface area contributed by atoms with Crippen LogP contribution < -0.4 is 19.8 Å². The molecule has 0 saturated heterocycles. The first kappa shape index (κ1) is 25.3. The highest BCUT2D eigenvalue weighted by molar-refractivity contribution is 9.10. The first-order valence-electron chi connectivity index (χ1n) is 12.1. The van der Waals surface area contributed by atoms with Crippen molar-refractivity contribution in [3.8, 4) is 28.6 Å². The molecule has 0 aliphatic carbocycles. The van der Waals surface area contributed by atoms with Gasteiger partial charge in [-0.1, -0.05) is 64.5 Å². The summed E-state index contributed by atoms with van der Waals surface area (Å²) in [5.41, 5.74) is 1.59. The van der Waals surface area contributed by atoms with Crippen molar-refractivity contribution in [3.63, 3.8) is 0 Å². The minimum absolute atomic E-state index is 0.00215. The maximum atomic E-state index is 13.5. The van der Waals surface area contributed by atoms with Gasteiger partial charge in [0.2, 0.25) is 12.5 Å². The number of benzene rings is 4. The molecule has 40 heavy (non-hydrogen) atoms. The maximum absolute atomic E-state index is 13.5. The lowest BCUT2D eigenvalue weighted by molar-refractivity contribution is -0.386. The van der Waals surface area contributed by atoms with Gasteiger partial charge in [0.1, 0.15) is 6.61 Å². The first-order valence-corrected chi connectivity index (χ1v) is 12.9. The van der Waals surface area contributed by atoms with Crippen LogP contribution in [0.25, 0.3) is 22.3 Å². The zero-order chi connectivity index (χ0) is 27.6. The largest absolute Gasteiger partial charge is 0.481 e. The van der Waals surface area contributed by atoms with E-state index in [-0.39, 0.29) is 30.4 Å². The molecule has 1 aromatic heterocycles. The highest BCUT2D eigenvalue weighted by Gasteiger charge is 2.22. The van der Waals surface area contributed by atoms with E-state index in [1.54, 1.807) is 42.5 Å². The van der Waals surface area contributed by atoms with Crippen molar-refractivity contribution in [2.24, 2.45) is 5.10 Å². The number of hydrogen-bond donors (Lipinski definition) is 0. The Morgan fingerprint density at radius 1 is 1.02 bits per heavy atom. The van der Waals surface area contributed by atoms with E-state index in [1.807, 2.05) is 36.4 Å². The average molecular weight is 599 g/mol. The lowest BCUT2D eigenvalue weighted by Crippen LogP contribution is -2.20. The molecule has 6 rings (SSSR count). The van der Waals surface area contributed by atoms with Crippen molar-refractivity contribution < 1.29 is 19.1 Å². The van der Waals surface area contributed by atoms with Crippen molar-refractivity contribution in [2.75, 3.05) is 6.79 Å². The van der Waals surface area contributed by atoms with Crippen molar-refractivity contribution >= 4 is 38.7 Å². The number of nitro benzene ring substituents is 1. The minimum atomic E-state index is -0.532. The van der Waals surface area contributed by atoms with E-state index in [0.717, 1.165) is 5.56 Å². The summed E-state index contributed by atoms with van der Waals surface area (Å²) in [5, 5.41) is 16.8. The summed E-state index contributed by atoms with van der Waals surface area (Å²) in [4.78, 5) is 29.6. The molecular formula is C29H19BrN4O6. The molecule has 5 aromatic rings. The van der Waals surface area contributed by atoms with Gasteiger partial charge < -0.3 is 14.2 Å². The van der Waals surface area contributed by atoms with E-state index in [2.05, 4.69) is 26.0 Å². The number of ether oxygens (including phenoxy) is 3. The van der Waals surface area contributed by atoms with Crippen LogP contribution in [0.15, 0.2) is 99.3 Å². The molecule has 1 aliphatic rings. The fourth-order valence-corrected chi connectivity index (χ4v) is 4.76. The highest BCUT2D eigenvalue weighted by Crippen LogP contribution is 2.36. The number of fused-ring (bicyclic) bond motifs is 2. The number of nitrogens with zero attached hydrogens (tertiary/aromatic N) is 4. The molecule has 0 spiro atoms. The molecule has 10 nitrogen and oxygen atoms in total. The third kappa shape index (κ3) is 4.90. The molecule has 0 saturated carbocycles. The Hall–Kier alpha value is -5.03.